The standard InChI is InChI=1S/C36H53N3O7S/c1-25-14-17-31(18-15-25)47(43,44)37-30-16-19-33-32(21-30)36(42)39(27(3)24-40)22-26(2)34(45-20-10-9-11-28(4)46-33)23-38(5)35(41)29-12-7-6-8-13-29/h14-19,21,26-29,34,37,40H,6-13,20,22-24H2,1-5H3/t26-,27-,28-,34+/m1/s1. The van der Waals surface area contributed by atoms with Gasteiger partial charge in [-0.2, -0.15) is 0 Å². The van der Waals surface area contributed by atoms with E-state index in [9.17, 15) is 23.1 Å². The lowest BCUT2D eigenvalue weighted by Crippen LogP contribution is -2.48. The number of anilines is 1. The van der Waals surface area contributed by atoms with Crippen LogP contribution >= 0.6 is 0 Å². The van der Waals surface area contributed by atoms with Gasteiger partial charge in [0.1, 0.15) is 5.75 Å². The molecule has 1 fully saturated rings. The van der Waals surface area contributed by atoms with E-state index in [4.69, 9.17) is 9.47 Å². The highest BCUT2D eigenvalue weighted by atomic mass is 32.2. The van der Waals surface area contributed by atoms with Gasteiger partial charge < -0.3 is 24.4 Å². The fraction of sp³-hybridized carbons (Fsp3) is 0.611. The lowest BCUT2D eigenvalue weighted by atomic mass is 9.88. The molecule has 0 radical (unpaired) electrons. The number of carbonyl (C=O) groups excluding carboxylic acids is 2. The van der Waals surface area contributed by atoms with Crippen LogP contribution in [0.3, 0.4) is 0 Å². The summed E-state index contributed by atoms with van der Waals surface area (Å²) < 4.78 is 41.7. The predicted molar refractivity (Wildman–Crippen MR) is 183 cm³/mol. The van der Waals surface area contributed by atoms with E-state index in [1.807, 2.05) is 27.8 Å². The van der Waals surface area contributed by atoms with Gasteiger partial charge in [-0.25, -0.2) is 8.42 Å². The number of aryl methyl sites for hydroxylation is 1. The molecular formula is C36H53N3O7S. The van der Waals surface area contributed by atoms with Crippen LogP contribution in [-0.4, -0.2) is 86.7 Å². The van der Waals surface area contributed by atoms with Gasteiger partial charge in [0.15, 0.2) is 0 Å². The maximum absolute atomic E-state index is 14.4. The molecule has 10 nitrogen and oxygen atoms in total. The Labute approximate surface area is 280 Å². The molecule has 0 unspecified atom stereocenters. The average molecular weight is 672 g/mol. The number of carbonyl (C=O) groups is 2. The molecule has 1 saturated carbocycles. The van der Waals surface area contributed by atoms with Gasteiger partial charge >= 0.3 is 0 Å². The third-order valence-corrected chi connectivity index (χ3v) is 10.8. The first-order chi connectivity index (χ1) is 22.4. The minimum atomic E-state index is -3.92. The second kappa shape index (κ2) is 16.8. The minimum Gasteiger partial charge on any atom is -0.490 e. The van der Waals surface area contributed by atoms with E-state index in [1.165, 1.54) is 24.6 Å². The molecule has 0 bridgehead atoms. The fourth-order valence-corrected chi connectivity index (χ4v) is 7.45. The first-order valence-electron chi connectivity index (χ1n) is 17.1. The fourth-order valence-electron chi connectivity index (χ4n) is 6.40. The van der Waals surface area contributed by atoms with Gasteiger partial charge in [0.25, 0.3) is 15.9 Å². The zero-order chi connectivity index (χ0) is 34.1. The van der Waals surface area contributed by atoms with Crippen molar-refractivity contribution in [1.29, 1.82) is 0 Å². The minimum absolute atomic E-state index is 0.0469. The molecular weight excluding hydrogens is 618 g/mol. The van der Waals surface area contributed by atoms with Gasteiger partial charge in [-0.1, -0.05) is 43.9 Å². The van der Waals surface area contributed by atoms with Crippen LogP contribution in [-0.2, 0) is 19.6 Å². The van der Waals surface area contributed by atoms with Crippen LogP contribution in [0.25, 0.3) is 0 Å². The number of likely N-dealkylation sites (N-methyl/N-ethyl adjacent to an activating group) is 1. The third kappa shape index (κ3) is 9.93. The van der Waals surface area contributed by atoms with Gasteiger partial charge in [0, 0.05) is 44.3 Å². The Kier molecular flexibility index (Phi) is 13.1. The number of rotatable bonds is 8. The zero-order valence-electron chi connectivity index (χ0n) is 28.6. The van der Waals surface area contributed by atoms with Crippen molar-refractivity contribution in [3.8, 4) is 5.75 Å². The molecule has 47 heavy (non-hydrogen) atoms. The van der Waals surface area contributed by atoms with Crippen molar-refractivity contribution in [2.75, 3.05) is 38.1 Å². The van der Waals surface area contributed by atoms with E-state index in [1.54, 1.807) is 41.0 Å². The highest BCUT2D eigenvalue weighted by molar-refractivity contribution is 7.92. The first-order valence-corrected chi connectivity index (χ1v) is 18.6. The number of hydrogen-bond acceptors (Lipinski definition) is 7. The largest absolute Gasteiger partial charge is 0.490 e. The van der Waals surface area contributed by atoms with Crippen molar-refractivity contribution in [2.45, 2.75) is 102 Å². The quantitative estimate of drug-likeness (QED) is 0.373. The molecule has 0 aromatic heterocycles. The molecule has 260 valence electrons. The van der Waals surface area contributed by atoms with E-state index in [-0.39, 0.29) is 65.2 Å². The summed E-state index contributed by atoms with van der Waals surface area (Å²) in [5.74, 6) is -0.0163. The molecule has 11 heteroatoms. The van der Waals surface area contributed by atoms with Gasteiger partial charge in [-0.05, 0) is 83.2 Å². The third-order valence-electron chi connectivity index (χ3n) is 9.42. The van der Waals surface area contributed by atoms with Crippen LogP contribution in [0, 0.1) is 18.8 Å². The number of hydrogen-bond donors (Lipinski definition) is 2. The molecule has 2 N–H and O–H groups in total. The number of fused-ring (bicyclic) bond motifs is 1. The van der Waals surface area contributed by atoms with Crippen molar-refractivity contribution in [1.82, 2.24) is 9.80 Å². The molecule has 4 rings (SSSR count). The number of amides is 2. The van der Waals surface area contributed by atoms with Crippen LogP contribution < -0.4 is 9.46 Å². The summed E-state index contributed by atoms with van der Waals surface area (Å²) in [7, 11) is -2.08. The molecule has 1 aliphatic heterocycles. The molecule has 4 atom stereocenters. The lowest BCUT2D eigenvalue weighted by Gasteiger charge is -2.36. The maximum atomic E-state index is 14.4. The van der Waals surface area contributed by atoms with Crippen LogP contribution in [0.5, 0.6) is 5.75 Å². The van der Waals surface area contributed by atoms with Crippen LogP contribution in [0.1, 0.15) is 88.1 Å². The Bertz CT molecular complexity index is 1440. The summed E-state index contributed by atoms with van der Waals surface area (Å²) >= 11 is 0. The maximum Gasteiger partial charge on any atom is 0.261 e. The Morgan fingerprint density at radius 1 is 1.04 bits per heavy atom. The molecule has 1 aliphatic carbocycles. The summed E-state index contributed by atoms with van der Waals surface area (Å²) in [5, 5.41) is 10.2. The number of nitrogens with zero attached hydrogens (tertiary/aromatic N) is 2. The summed E-state index contributed by atoms with van der Waals surface area (Å²) in [4.78, 5) is 31.2. The Balaban J connectivity index is 1.64. The number of nitrogens with one attached hydrogen (secondary N) is 1. The van der Waals surface area contributed by atoms with Gasteiger partial charge in [-0.3, -0.25) is 14.3 Å². The number of sulfonamides is 1. The Hall–Kier alpha value is -3.15. The number of ether oxygens (including phenoxy) is 2. The highest BCUT2D eigenvalue weighted by Crippen LogP contribution is 2.30. The van der Waals surface area contributed by atoms with Crippen LogP contribution in [0.15, 0.2) is 47.4 Å². The van der Waals surface area contributed by atoms with E-state index >= 15 is 0 Å². The second-order valence-electron chi connectivity index (χ2n) is 13.5. The summed E-state index contributed by atoms with van der Waals surface area (Å²) in [6.45, 7) is 8.53. The zero-order valence-corrected chi connectivity index (χ0v) is 29.4. The number of aliphatic hydroxyl groups excluding tert-OH is 1. The summed E-state index contributed by atoms with van der Waals surface area (Å²) in [5.41, 5.74) is 1.37. The molecule has 1 heterocycles. The molecule has 2 amide bonds. The van der Waals surface area contributed by atoms with E-state index in [2.05, 4.69) is 4.72 Å². The van der Waals surface area contributed by atoms with Gasteiger partial charge in [0.2, 0.25) is 5.91 Å². The van der Waals surface area contributed by atoms with Crippen molar-refractivity contribution >= 4 is 27.5 Å². The normalized spacial score (nSPS) is 22.8. The number of aliphatic hydroxyl groups is 1. The van der Waals surface area contributed by atoms with Crippen LogP contribution in [0.2, 0.25) is 0 Å². The first kappa shape index (κ1) is 36.7. The van der Waals surface area contributed by atoms with Gasteiger partial charge in [-0.15, -0.1) is 0 Å². The highest BCUT2D eigenvalue weighted by Gasteiger charge is 2.32. The molecule has 0 spiro atoms. The van der Waals surface area contributed by atoms with Gasteiger partial charge in [0.05, 0.1) is 35.3 Å². The summed E-state index contributed by atoms with van der Waals surface area (Å²) in [6, 6.07) is 10.7. The SMILES string of the molecule is Cc1ccc(S(=O)(=O)Nc2ccc3c(c2)C(=O)N([C@H](C)CO)C[C@@H](C)[C@H](CN(C)C(=O)C2CCCCC2)OCCCC[C@@H](C)O3)cc1. The lowest BCUT2D eigenvalue weighted by molar-refractivity contribution is -0.137. The van der Waals surface area contributed by atoms with Crippen molar-refractivity contribution in [3.63, 3.8) is 0 Å². The number of benzene rings is 2. The van der Waals surface area contributed by atoms with Crippen molar-refractivity contribution in [2.24, 2.45) is 11.8 Å². The topological polar surface area (TPSA) is 125 Å². The molecule has 2 aromatic rings. The molecule has 2 aromatic carbocycles. The van der Waals surface area contributed by atoms with Crippen molar-refractivity contribution in [3.05, 3.63) is 53.6 Å². The molecule has 0 saturated heterocycles. The Morgan fingerprint density at radius 3 is 2.40 bits per heavy atom. The monoisotopic (exact) mass is 671 g/mol. The second-order valence-corrected chi connectivity index (χ2v) is 15.2. The van der Waals surface area contributed by atoms with Crippen molar-refractivity contribution < 1.29 is 32.6 Å². The Morgan fingerprint density at radius 2 is 1.72 bits per heavy atom. The van der Waals surface area contributed by atoms with Crippen LogP contribution in [0.4, 0.5) is 5.69 Å². The van der Waals surface area contributed by atoms with E-state index in [0.717, 1.165) is 50.5 Å². The van der Waals surface area contributed by atoms with E-state index in [0.29, 0.717) is 18.9 Å². The molecule has 2 aliphatic rings. The van der Waals surface area contributed by atoms with E-state index < -0.39 is 16.1 Å². The smallest absolute Gasteiger partial charge is 0.261 e. The summed E-state index contributed by atoms with van der Waals surface area (Å²) in [6.07, 6.45) is 7.04. The predicted octanol–water partition coefficient (Wildman–Crippen LogP) is 5.63. The average Bonchev–Trinajstić information content (AvgIpc) is 3.06.